The molecule has 0 atom stereocenters. The summed E-state index contributed by atoms with van der Waals surface area (Å²) in [6.07, 6.45) is 1.60. The highest BCUT2D eigenvalue weighted by Crippen LogP contribution is 2.23. The van der Waals surface area contributed by atoms with Crippen molar-refractivity contribution in [2.45, 2.75) is 26.4 Å². The van der Waals surface area contributed by atoms with Crippen molar-refractivity contribution in [1.82, 2.24) is 5.43 Å². The molecule has 0 spiro atoms. The lowest BCUT2D eigenvalue weighted by atomic mass is 10.1. The van der Waals surface area contributed by atoms with Gasteiger partial charge >= 0.3 is 0 Å². The number of hydrogen-bond donors (Lipinski definition) is 2. The minimum absolute atomic E-state index is 0.0241. The molecule has 1 amide bonds. The molecule has 0 radical (unpaired) electrons. The fourth-order valence-electron chi connectivity index (χ4n) is 1.98. The van der Waals surface area contributed by atoms with Crippen molar-refractivity contribution in [3.8, 4) is 11.5 Å². The molecule has 126 valence electrons. The minimum atomic E-state index is -0.257. The van der Waals surface area contributed by atoms with E-state index in [4.69, 9.17) is 16.3 Å². The van der Waals surface area contributed by atoms with Gasteiger partial charge in [0.05, 0.1) is 18.7 Å². The van der Waals surface area contributed by atoms with Gasteiger partial charge < -0.3 is 9.84 Å². The number of ether oxygens (including phenoxy) is 1. The van der Waals surface area contributed by atoms with Crippen molar-refractivity contribution in [2.24, 2.45) is 5.10 Å². The Morgan fingerprint density at radius 3 is 2.62 bits per heavy atom. The predicted octanol–water partition coefficient (Wildman–Crippen LogP) is 3.53. The summed E-state index contributed by atoms with van der Waals surface area (Å²) in [4.78, 5) is 11.8. The standard InChI is InChI=1S/C18H19ClN2O3/c1-12(2)24-16-8-5-14(17(22)10-16)11-20-21-18(23)9-13-3-6-15(19)7-4-13/h3-8,10-12,22H,9H2,1-2H3,(H,21,23)/b20-11-. The van der Waals surface area contributed by atoms with Crippen LogP contribution in [-0.2, 0) is 11.2 Å². The molecule has 0 bridgehead atoms. The number of halogens is 1. The third kappa shape index (κ3) is 5.59. The summed E-state index contributed by atoms with van der Waals surface area (Å²) in [7, 11) is 0. The van der Waals surface area contributed by atoms with Crippen LogP contribution in [0.5, 0.6) is 11.5 Å². The van der Waals surface area contributed by atoms with Crippen LogP contribution in [0.3, 0.4) is 0 Å². The average Bonchev–Trinajstić information content (AvgIpc) is 2.51. The lowest BCUT2D eigenvalue weighted by Crippen LogP contribution is -2.19. The molecular weight excluding hydrogens is 328 g/mol. The molecule has 0 saturated heterocycles. The molecule has 2 aromatic rings. The van der Waals surface area contributed by atoms with E-state index in [1.807, 2.05) is 13.8 Å². The first-order valence-corrected chi connectivity index (χ1v) is 7.88. The van der Waals surface area contributed by atoms with Crippen LogP contribution in [-0.4, -0.2) is 23.3 Å². The highest BCUT2D eigenvalue weighted by atomic mass is 35.5. The average molecular weight is 347 g/mol. The van der Waals surface area contributed by atoms with Crippen molar-refractivity contribution < 1.29 is 14.6 Å². The Morgan fingerprint density at radius 2 is 2.00 bits per heavy atom. The first-order valence-electron chi connectivity index (χ1n) is 7.50. The van der Waals surface area contributed by atoms with E-state index in [0.717, 1.165) is 5.56 Å². The number of benzene rings is 2. The first-order chi connectivity index (χ1) is 11.4. The molecule has 6 heteroatoms. The van der Waals surface area contributed by atoms with Gasteiger partial charge in [0.15, 0.2) is 0 Å². The molecule has 2 aromatic carbocycles. The number of hydrazone groups is 1. The zero-order valence-electron chi connectivity index (χ0n) is 13.5. The Hall–Kier alpha value is -2.53. The second kappa shape index (κ2) is 8.36. The molecular formula is C18H19ClN2O3. The van der Waals surface area contributed by atoms with E-state index in [1.165, 1.54) is 12.3 Å². The summed E-state index contributed by atoms with van der Waals surface area (Å²) in [5, 5.41) is 14.4. The lowest BCUT2D eigenvalue weighted by molar-refractivity contribution is -0.120. The van der Waals surface area contributed by atoms with Gasteiger partial charge in [-0.25, -0.2) is 5.43 Å². The van der Waals surface area contributed by atoms with E-state index in [2.05, 4.69) is 10.5 Å². The Morgan fingerprint density at radius 1 is 1.29 bits per heavy atom. The van der Waals surface area contributed by atoms with Gasteiger partial charge in [-0.3, -0.25) is 4.79 Å². The van der Waals surface area contributed by atoms with Crippen molar-refractivity contribution in [2.75, 3.05) is 0 Å². The predicted molar refractivity (Wildman–Crippen MR) is 94.8 cm³/mol. The zero-order chi connectivity index (χ0) is 17.5. The lowest BCUT2D eigenvalue weighted by Gasteiger charge is -2.10. The van der Waals surface area contributed by atoms with Crippen LogP contribution in [0, 0.1) is 0 Å². The molecule has 0 aromatic heterocycles. The van der Waals surface area contributed by atoms with E-state index in [-0.39, 0.29) is 24.2 Å². The number of carbonyl (C=O) groups excluding carboxylic acids is 1. The number of hydrogen-bond acceptors (Lipinski definition) is 4. The van der Waals surface area contributed by atoms with Crippen molar-refractivity contribution in [1.29, 1.82) is 0 Å². The zero-order valence-corrected chi connectivity index (χ0v) is 14.2. The molecule has 2 rings (SSSR count). The summed E-state index contributed by atoms with van der Waals surface area (Å²) < 4.78 is 5.48. The fourth-order valence-corrected chi connectivity index (χ4v) is 2.11. The second-order valence-corrected chi connectivity index (χ2v) is 5.92. The summed E-state index contributed by atoms with van der Waals surface area (Å²) in [5.74, 6) is 0.350. The van der Waals surface area contributed by atoms with E-state index in [9.17, 15) is 9.90 Å². The normalized spacial score (nSPS) is 11.0. The molecule has 0 aliphatic rings. The monoisotopic (exact) mass is 346 g/mol. The van der Waals surface area contributed by atoms with Gasteiger partial charge in [0.1, 0.15) is 11.5 Å². The number of aromatic hydroxyl groups is 1. The SMILES string of the molecule is CC(C)Oc1ccc(/C=N\NC(=O)Cc2ccc(Cl)cc2)c(O)c1. The maximum absolute atomic E-state index is 11.8. The molecule has 0 saturated carbocycles. The highest BCUT2D eigenvalue weighted by Gasteiger charge is 2.04. The summed E-state index contributed by atoms with van der Waals surface area (Å²) in [6.45, 7) is 3.81. The van der Waals surface area contributed by atoms with Crippen LogP contribution in [0.4, 0.5) is 0 Å². The van der Waals surface area contributed by atoms with Crippen LogP contribution in [0.1, 0.15) is 25.0 Å². The number of nitrogens with zero attached hydrogens (tertiary/aromatic N) is 1. The number of nitrogens with one attached hydrogen (secondary N) is 1. The van der Waals surface area contributed by atoms with Crippen molar-refractivity contribution >= 4 is 23.7 Å². The molecule has 0 heterocycles. The van der Waals surface area contributed by atoms with Gasteiger partial charge in [-0.15, -0.1) is 0 Å². The molecule has 0 unspecified atom stereocenters. The van der Waals surface area contributed by atoms with Gasteiger partial charge in [-0.2, -0.15) is 5.10 Å². The number of amides is 1. The van der Waals surface area contributed by atoms with Crippen LogP contribution < -0.4 is 10.2 Å². The smallest absolute Gasteiger partial charge is 0.244 e. The van der Waals surface area contributed by atoms with Crippen LogP contribution >= 0.6 is 11.6 Å². The van der Waals surface area contributed by atoms with Crippen LogP contribution in [0.25, 0.3) is 0 Å². The largest absolute Gasteiger partial charge is 0.507 e. The van der Waals surface area contributed by atoms with Crippen LogP contribution in [0.15, 0.2) is 47.6 Å². The maximum atomic E-state index is 11.8. The molecule has 24 heavy (non-hydrogen) atoms. The Bertz CT molecular complexity index is 728. The minimum Gasteiger partial charge on any atom is -0.507 e. The molecule has 0 aliphatic carbocycles. The van der Waals surface area contributed by atoms with E-state index in [0.29, 0.717) is 16.3 Å². The second-order valence-electron chi connectivity index (χ2n) is 5.48. The summed E-state index contributed by atoms with van der Waals surface area (Å²) >= 11 is 5.80. The quantitative estimate of drug-likeness (QED) is 0.621. The third-order valence-electron chi connectivity index (χ3n) is 3.04. The summed E-state index contributed by atoms with van der Waals surface area (Å²) in [5.41, 5.74) is 3.75. The van der Waals surface area contributed by atoms with Crippen LogP contribution in [0.2, 0.25) is 5.02 Å². The molecule has 5 nitrogen and oxygen atoms in total. The Kier molecular flexibility index (Phi) is 6.21. The van der Waals surface area contributed by atoms with Gasteiger partial charge in [-0.1, -0.05) is 23.7 Å². The van der Waals surface area contributed by atoms with Gasteiger partial charge in [0, 0.05) is 16.7 Å². The van der Waals surface area contributed by atoms with E-state index < -0.39 is 0 Å². The van der Waals surface area contributed by atoms with Gasteiger partial charge in [0.25, 0.3) is 0 Å². The van der Waals surface area contributed by atoms with Gasteiger partial charge in [0.2, 0.25) is 5.91 Å². The Balaban J connectivity index is 1.91. The van der Waals surface area contributed by atoms with E-state index >= 15 is 0 Å². The number of carbonyl (C=O) groups is 1. The number of phenols is 1. The van der Waals surface area contributed by atoms with E-state index in [1.54, 1.807) is 36.4 Å². The molecule has 0 fully saturated rings. The Labute approximate surface area is 145 Å². The third-order valence-corrected chi connectivity index (χ3v) is 3.30. The topological polar surface area (TPSA) is 70.9 Å². The molecule has 0 aliphatic heterocycles. The fraction of sp³-hybridized carbons (Fsp3) is 0.222. The summed E-state index contributed by atoms with van der Waals surface area (Å²) in [6, 6.07) is 11.9. The first kappa shape index (κ1) is 17.8. The number of rotatable bonds is 6. The highest BCUT2D eigenvalue weighted by molar-refractivity contribution is 6.30. The molecule has 2 N–H and O–H groups in total. The number of phenolic OH excluding ortho intramolecular Hbond substituents is 1. The van der Waals surface area contributed by atoms with Crippen molar-refractivity contribution in [3.63, 3.8) is 0 Å². The van der Waals surface area contributed by atoms with Gasteiger partial charge in [-0.05, 0) is 43.7 Å². The maximum Gasteiger partial charge on any atom is 0.244 e. The van der Waals surface area contributed by atoms with Crippen molar-refractivity contribution in [3.05, 3.63) is 58.6 Å².